The number of rotatable bonds is 4. The number of hydrogen-bond acceptors (Lipinski definition) is 4. The number of oxazole rings is 1. The Bertz CT molecular complexity index is 777. The van der Waals surface area contributed by atoms with Crippen molar-refractivity contribution in [1.29, 1.82) is 0 Å². The van der Waals surface area contributed by atoms with E-state index in [-0.39, 0.29) is 25.3 Å². The maximum Gasteiger partial charge on any atom is 0.343 e. The van der Waals surface area contributed by atoms with E-state index in [1.807, 2.05) is 0 Å². The van der Waals surface area contributed by atoms with Crippen LogP contribution in [0.1, 0.15) is 12.1 Å². The predicted molar refractivity (Wildman–Crippen MR) is 83.3 cm³/mol. The van der Waals surface area contributed by atoms with Gasteiger partial charge in [0, 0.05) is 23.6 Å². The molecule has 8 heteroatoms. The summed E-state index contributed by atoms with van der Waals surface area (Å²) in [4.78, 5) is 28.5. The molecule has 0 bridgehead atoms. The number of carbonyl (C=O) groups excluding carboxylic acids is 1. The molecule has 126 valence electrons. The minimum absolute atomic E-state index is 0.0729. The molecule has 0 aliphatic carbocycles. The first-order chi connectivity index (χ1) is 11.4. The number of carbonyl (C=O) groups is 2. The molecule has 1 N–H and O–H groups in total. The van der Waals surface area contributed by atoms with Crippen molar-refractivity contribution in [2.75, 3.05) is 13.1 Å². The molecular formula is C16H14ClFN2O4. The fraction of sp³-hybridized carbons (Fsp3) is 0.312. The van der Waals surface area contributed by atoms with Crippen molar-refractivity contribution in [2.24, 2.45) is 0 Å². The van der Waals surface area contributed by atoms with Crippen LogP contribution >= 0.6 is 11.6 Å². The number of halogens is 2. The van der Waals surface area contributed by atoms with Gasteiger partial charge in [0.1, 0.15) is 6.26 Å². The van der Waals surface area contributed by atoms with Crippen molar-refractivity contribution in [3.05, 3.63) is 41.2 Å². The van der Waals surface area contributed by atoms with E-state index in [1.165, 1.54) is 11.2 Å². The van der Waals surface area contributed by atoms with E-state index in [4.69, 9.17) is 21.1 Å². The number of carboxylic acid groups (broad SMARTS) is 1. The minimum atomic E-state index is -2.37. The lowest BCUT2D eigenvalue weighted by atomic mass is 10.1. The third-order valence-corrected chi connectivity index (χ3v) is 4.18. The number of aromatic nitrogens is 1. The number of benzene rings is 1. The Hall–Kier alpha value is -2.41. The highest BCUT2D eigenvalue weighted by Crippen LogP contribution is 2.27. The van der Waals surface area contributed by atoms with Gasteiger partial charge < -0.3 is 14.4 Å². The zero-order valence-electron chi connectivity index (χ0n) is 12.5. The fourth-order valence-corrected chi connectivity index (χ4v) is 2.67. The molecule has 1 aliphatic rings. The summed E-state index contributed by atoms with van der Waals surface area (Å²) in [5.41, 5.74) is -1.25. The van der Waals surface area contributed by atoms with Crippen molar-refractivity contribution in [1.82, 2.24) is 9.88 Å². The van der Waals surface area contributed by atoms with Crippen LogP contribution in [-0.2, 0) is 16.0 Å². The third-order valence-electron chi connectivity index (χ3n) is 3.93. The molecule has 1 fully saturated rings. The number of nitrogens with zero attached hydrogens (tertiary/aromatic N) is 2. The molecule has 1 unspecified atom stereocenters. The number of hydrogen-bond donors (Lipinski definition) is 1. The molecule has 3 rings (SSSR count). The summed E-state index contributed by atoms with van der Waals surface area (Å²) in [5.74, 6) is -1.57. The van der Waals surface area contributed by atoms with Gasteiger partial charge in [0.15, 0.2) is 0 Å². The molecule has 0 radical (unpaired) electrons. The maximum absolute atomic E-state index is 14.0. The van der Waals surface area contributed by atoms with Gasteiger partial charge in [-0.25, -0.2) is 14.2 Å². The van der Waals surface area contributed by atoms with Crippen LogP contribution in [0, 0.1) is 0 Å². The Kier molecular flexibility index (Phi) is 4.28. The zero-order valence-corrected chi connectivity index (χ0v) is 13.3. The molecular weight excluding hydrogens is 339 g/mol. The van der Waals surface area contributed by atoms with Crippen LogP contribution in [-0.4, -0.2) is 45.6 Å². The highest BCUT2D eigenvalue weighted by atomic mass is 35.5. The molecule has 0 spiro atoms. The molecule has 1 saturated heterocycles. The molecule has 0 saturated carbocycles. The normalized spacial score (nSPS) is 20.3. The molecule has 1 atom stereocenters. The Morgan fingerprint density at radius 1 is 1.38 bits per heavy atom. The van der Waals surface area contributed by atoms with Crippen LogP contribution in [0.2, 0.25) is 5.02 Å². The number of alkyl halides is 1. The van der Waals surface area contributed by atoms with Crippen molar-refractivity contribution < 1.29 is 23.5 Å². The lowest BCUT2D eigenvalue weighted by Gasteiger charge is -2.17. The molecule has 24 heavy (non-hydrogen) atoms. The fourth-order valence-electron chi connectivity index (χ4n) is 2.54. The average molecular weight is 353 g/mol. The van der Waals surface area contributed by atoms with Gasteiger partial charge in [-0.1, -0.05) is 11.6 Å². The summed E-state index contributed by atoms with van der Waals surface area (Å²) in [6.07, 6.45) is 1.08. The Labute approximate surface area is 141 Å². The van der Waals surface area contributed by atoms with Gasteiger partial charge in [-0.05, 0) is 24.3 Å². The molecule has 1 amide bonds. The highest BCUT2D eigenvalue weighted by Gasteiger charge is 2.46. The van der Waals surface area contributed by atoms with E-state index in [2.05, 4.69) is 4.98 Å². The minimum Gasteiger partial charge on any atom is -0.479 e. The molecule has 2 aromatic rings. The second kappa shape index (κ2) is 6.24. The first-order valence-corrected chi connectivity index (χ1v) is 7.66. The number of amides is 1. The van der Waals surface area contributed by atoms with Crippen LogP contribution in [0.3, 0.4) is 0 Å². The number of carboxylic acids is 1. The Morgan fingerprint density at radius 3 is 2.71 bits per heavy atom. The molecule has 1 aliphatic heterocycles. The van der Waals surface area contributed by atoms with Crippen molar-refractivity contribution >= 4 is 23.5 Å². The first kappa shape index (κ1) is 16.4. The van der Waals surface area contributed by atoms with Crippen LogP contribution < -0.4 is 0 Å². The maximum atomic E-state index is 14.0. The smallest absolute Gasteiger partial charge is 0.343 e. The number of aliphatic carboxylic acids is 1. The van der Waals surface area contributed by atoms with Gasteiger partial charge in [0.25, 0.3) is 0 Å². The van der Waals surface area contributed by atoms with Gasteiger partial charge >= 0.3 is 5.97 Å². The summed E-state index contributed by atoms with van der Waals surface area (Å²) >= 11 is 5.82. The quantitative estimate of drug-likeness (QED) is 0.914. The standard InChI is InChI=1S/C16H14ClFN2O4/c17-11-3-1-10(2-4-11)14-19-12(8-24-14)7-13(21)20-6-5-16(18,9-20)15(22)23/h1-4,8H,5-7,9H2,(H,22,23). The van der Waals surface area contributed by atoms with Gasteiger partial charge in [-0.2, -0.15) is 0 Å². The van der Waals surface area contributed by atoms with Gasteiger partial charge in [-0.3, -0.25) is 4.79 Å². The first-order valence-electron chi connectivity index (χ1n) is 7.28. The summed E-state index contributed by atoms with van der Waals surface area (Å²) < 4.78 is 19.3. The van der Waals surface area contributed by atoms with Gasteiger partial charge in [-0.15, -0.1) is 0 Å². The zero-order chi connectivity index (χ0) is 17.3. The van der Waals surface area contributed by atoms with E-state index in [9.17, 15) is 14.0 Å². The topological polar surface area (TPSA) is 83.6 Å². The predicted octanol–water partition coefficient (Wildman–Crippen LogP) is 2.56. The largest absolute Gasteiger partial charge is 0.479 e. The van der Waals surface area contributed by atoms with Crippen molar-refractivity contribution in [3.8, 4) is 11.5 Å². The van der Waals surface area contributed by atoms with E-state index in [1.54, 1.807) is 24.3 Å². The summed E-state index contributed by atoms with van der Waals surface area (Å²) in [6, 6.07) is 6.88. The lowest BCUT2D eigenvalue weighted by molar-refractivity contribution is -0.150. The summed E-state index contributed by atoms with van der Waals surface area (Å²) in [5, 5.41) is 9.45. The lowest BCUT2D eigenvalue weighted by Crippen LogP contribution is -2.39. The van der Waals surface area contributed by atoms with E-state index in [0.29, 0.717) is 22.2 Å². The SMILES string of the molecule is O=C(Cc1coc(-c2ccc(Cl)cc2)n1)N1CCC(F)(C(=O)O)C1. The van der Waals surface area contributed by atoms with E-state index >= 15 is 0 Å². The molecule has 1 aromatic carbocycles. The van der Waals surface area contributed by atoms with Gasteiger partial charge in [0.05, 0.1) is 18.7 Å². The average Bonchev–Trinajstić information content (AvgIpc) is 3.16. The van der Waals surface area contributed by atoms with E-state index < -0.39 is 18.2 Å². The summed E-state index contributed by atoms with van der Waals surface area (Å²) in [6.45, 7) is -0.368. The van der Waals surface area contributed by atoms with Crippen LogP contribution in [0.4, 0.5) is 4.39 Å². The van der Waals surface area contributed by atoms with Crippen LogP contribution in [0.25, 0.3) is 11.5 Å². The van der Waals surface area contributed by atoms with Crippen LogP contribution in [0.15, 0.2) is 34.9 Å². The second-order valence-electron chi connectivity index (χ2n) is 5.66. The Balaban J connectivity index is 1.66. The number of likely N-dealkylation sites (tertiary alicyclic amines) is 1. The Morgan fingerprint density at radius 2 is 2.08 bits per heavy atom. The second-order valence-corrected chi connectivity index (χ2v) is 6.10. The monoisotopic (exact) mass is 352 g/mol. The van der Waals surface area contributed by atoms with Crippen molar-refractivity contribution in [2.45, 2.75) is 18.5 Å². The van der Waals surface area contributed by atoms with E-state index in [0.717, 1.165) is 0 Å². The van der Waals surface area contributed by atoms with Crippen molar-refractivity contribution in [3.63, 3.8) is 0 Å². The van der Waals surface area contributed by atoms with Gasteiger partial charge in [0.2, 0.25) is 17.5 Å². The molecule has 2 heterocycles. The third kappa shape index (κ3) is 3.26. The summed E-state index contributed by atoms with van der Waals surface area (Å²) in [7, 11) is 0. The highest BCUT2D eigenvalue weighted by molar-refractivity contribution is 6.30. The van der Waals surface area contributed by atoms with Crippen LogP contribution in [0.5, 0.6) is 0 Å². The molecule has 6 nitrogen and oxygen atoms in total. The molecule has 1 aromatic heterocycles.